The Kier molecular flexibility index (Phi) is 6.89. The van der Waals surface area contributed by atoms with Crippen LogP contribution < -0.4 is 0 Å². The standard InChI is InChI=1S/C17H14BrClN6O4S2/c18-7-1-11(8(2-20)21-3-7)31-17-15(28)13(14(27)10(5-26)29-17)25-4-9(23-24-25)16-22-12(19)6-30-16/h1,3-4,6,10,13-15,17,26-28H,5H2/t10?,13-,14-,15?,17+/m0/s1. The lowest BCUT2D eigenvalue weighted by atomic mass is 9.97. The van der Waals surface area contributed by atoms with Gasteiger partial charge < -0.3 is 20.1 Å². The predicted molar refractivity (Wildman–Crippen MR) is 115 cm³/mol. The third kappa shape index (κ3) is 4.62. The summed E-state index contributed by atoms with van der Waals surface area (Å²) >= 11 is 11.5. The van der Waals surface area contributed by atoms with Crippen LogP contribution in [0, 0.1) is 11.3 Å². The maximum absolute atomic E-state index is 11.0. The molecule has 31 heavy (non-hydrogen) atoms. The van der Waals surface area contributed by atoms with Gasteiger partial charge in [0.1, 0.15) is 51.7 Å². The van der Waals surface area contributed by atoms with Crippen LogP contribution in [0.25, 0.3) is 10.7 Å². The Morgan fingerprint density at radius 1 is 1.39 bits per heavy atom. The smallest absolute Gasteiger partial charge is 0.154 e. The van der Waals surface area contributed by atoms with Gasteiger partial charge in [-0.25, -0.2) is 14.6 Å². The highest BCUT2D eigenvalue weighted by Gasteiger charge is 2.46. The van der Waals surface area contributed by atoms with Gasteiger partial charge in [-0.3, -0.25) is 0 Å². The first-order valence-electron chi connectivity index (χ1n) is 8.79. The molecule has 0 amide bonds. The lowest BCUT2D eigenvalue weighted by Crippen LogP contribution is -2.55. The molecular formula is C17H14BrClN6O4S2. The summed E-state index contributed by atoms with van der Waals surface area (Å²) in [7, 11) is 0. The monoisotopic (exact) mass is 544 g/mol. The normalized spacial score (nSPS) is 26.0. The molecule has 162 valence electrons. The van der Waals surface area contributed by atoms with E-state index in [9.17, 15) is 20.6 Å². The second-order valence-electron chi connectivity index (χ2n) is 6.49. The Labute approximate surface area is 197 Å². The first-order chi connectivity index (χ1) is 14.9. The summed E-state index contributed by atoms with van der Waals surface area (Å²) in [5.41, 5.74) is -0.331. The molecule has 1 saturated heterocycles. The third-order valence-electron chi connectivity index (χ3n) is 4.53. The Morgan fingerprint density at radius 2 is 2.19 bits per heavy atom. The third-order valence-corrected chi connectivity index (χ3v) is 7.34. The van der Waals surface area contributed by atoms with Gasteiger partial charge >= 0.3 is 0 Å². The van der Waals surface area contributed by atoms with Crippen LogP contribution in [-0.4, -0.2) is 70.6 Å². The van der Waals surface area contributed by atoms with Crippen LogP contribution in [-0.2, 0) is 4.74 Å². The summed E-state index contributed by atoms with van der Waals surface area (Å²) in [5.74, 6) is 0. The highest BCUT2D eigenvalue weighted by Crippen LogP contribution is 2.39. The second-order valence-corrected chi connectivity index (χ2v) is 9.79. The molecule has 0 saturated carbocycles. The van der Waals surface area contributed by atoms with E-state index in [1.165, 1.54) is 28.4 Å². The van der Waals surface area contributed by atoms with Crippen LogP contribution in [0.1, 0.15) is 11.7 Å². The van der Waals surface area contributed by atoms with Crippen molar-refractivity contribution in [3.05, 3.63) is 39.2 Å². The first kappa shape index (κ1) is 22.6. The van der Waals surface area contributed by atoms with Crippen molar-refractivity contribution >= 4 is 50.6 Å². The van der Waals surface area contributed by atoms with Gasteiger partial charge in [0.25, 0.3) is 0 Å². The molecule has 10 nitrogen and oxygen atoms in total. The molecule has 2 unspecified atom stereocenters. The molecule has 4 heterocycles. The number of nitrogens with zero attached hydrogens (tertiary/aromatic N) is 6. The summed E-state index contributed by atoms with van der Waals surface area (Å²) in [6.07, 6.45) is -0.468. The van der Waals surface area contributed by atoms with E-state index in [1.807, 2.05) is 6.07 Å². The molecule has 0 spiro atoms. The van der Waals surface area contributed by atoms with Gasteiger partial charge in [0.05, 0.1) is 12.8 Å². The molecule has 3 aromatic rings. The molecule has 1 fully saturated rings. The molecule has 0 bridgehead atoms. The highest BCUT2D eigenvalue weighted by molar-refractivity contribution is 9.10. The van der Waals surface area contributed by atoms with E-state index in [4.69, 9.17) is 16.3 Å². The molecule has 0 radical (unpaired) electrons. The van der Waals surface area contributed by atoms with Crippen molar-refractivity contribution in [3.8, 4) is 16.8 Å². The Morgan fingerprint density at radius 3 is 2.87 bits per heavy atom. The molecule has 0 aromatic carbocycles. The molecular weight excluding hydrogens is 532 g/mol. The van der Waals surface area contributed by atoms with Gasteiger partial charge in [-0.1, -0.05) is 28.6 Å². The van der Waals surface area contributed by atoms with Crippen LogP contribution in [0.4, 0.5) is 0 Å². The maximum Gasteiger partial charge on any atom is 0.154 e. The van der Waals surface area contributed by atoms with Crippen LogP contribution in [0.15, 0.2) is 33.2 Å². The summed E-state index contributed by atoms with van der Waals surface area (Å²) in [4.78, 5) is 8.66. The van der Waals surface area contributed by atoms with Crippen molar-refractivity contribution < 1.29 is 20.1 Å². The minimum absolute atomic E-state index is 0.163. The zero-order valence-electron chi connectivity index (χ0n) is 15.4. The fourth-order valence-electron chi connectivity index (χ4n) is 3.09. The Hall–Kier alpha value is -1.63. The first-order valence-corrected chi connectivity index (χ1v) is 11.7. The van der Waals surface area contributed by atoms with Crippen molar-refractivity contribution in [2.24, 2.45) is 0 Å². The van der Waals surface area contributed by atoms with Crippen molar-refractivity contribution in [2.45, 2.75) is 34.7 Å². The molecule has 5 atom stereocenters. The van der Waals surface area contributed by atoms with Crippen molar-refractivity contribution in [3.63, 3.8) is 0 Å². The topological polar surface area (TPSA) is 150 Å². The van der Waals surface area contributed by atoms with E-state index in [0.29, 0.717) is 25.2 Å². The van der Waals surface area contributed by atoms with Gasteiger partial charge in [0.2, 0.25) is 0 Å². The summed E-state index contributed by atoms with van der Waals surface area (Å²) in [6, 6.07) is 2.71. The fourth-order valence-corrected chi connectivity index (χ4v) is 5.62. The Balaban J connectivity index is 1.64. The molecule has 14 heteroatoms. The minimum Gasteiger partial charge on any atom is -0.394 e. The number of halogens is 2. The maximum atomic E-state index is 11.0. The summed E-state index contributed by atoms with van der Waals surface area (Å²) in [5, 5.41) is 51.4. The number of aliphatic hydroxyl groups is 3. The summed E-state index contributed by atoms with van der Waals surface area (Å²) in [6.45, 7) is -0.479. The second kappa shape index (κ2) is 9.47. The van der Waals surface area contributed by atoms with E-state index in [1.54, 1.807) is 11.4 Å². The average molecular weight is 546 g/mol. The number of aliphatic hydroxyl groups excluding tert-OH is 3. The van der Waals surface area contributed by atoms with Gasteiger partial charge in [-0.05, 0) is 22.0 Å². The molecule has 4 rings (SSSR count). The number of pyridine rings is 1. The number of nitriles is 1. The SMILES string of the molecule is N#Cc1ncc(Br)cc1S[C@H]1OC(CO)[C@H](O)[C@H](n2cc(-c3nc(Cl)cs3)nn2)C1O. The van der Waals surface area contributed by atoms with Gasteiger partial charge in [-0.2, -0.15) is 5.26 Å². The van der Waals surface area contributed by atoms with E-state index >= 15 is 0 Å². The average Bonchev–Trinajstić information content (AvgIpc) is 3.39. The number of hydrogen-bond donors (Lipinski definition) is 3. The van der Waals surface area contributed by atoms with Crippen LogP contribution in [0.2, 0.25) is 5.15 Å². The quantitative estimate of drug-likeness (QED) is 0.433. The zero-order valence-corrected chi connectivity index (χ0v) is 19.4. The Bertz CT molecular complexity index is 1120. The van der Waals surface area contributed by atoms with E-state index in [0.717, 1.165) is 11.8 Å². The van der Waals surface area contributed by atoms with Gasteiger partial charge in [0.15, 0.2) is 5.69 Å². The van der Waals surface area contributed by atoms with Crippen molar-refractivity contribution in [1.29, 1.82) is 5.26 Å². The van der Waals surface area contributed by atoms with Crippen LogP contribution in [0.3, 0.4) is 0 Å². The number of aromatic nitrogens is 5. The fraction of sp³-hybridized carbons (Fsp3) is 0.353. The number of thioether (sulfide) groups is 1. The lowest BCUT2D eigenvalue weighted by molar-refractivity contribution is -0.178. The molecule has 1 aliphatic rings. The summed E-state index contributed by atoms with van der Waals surface area (Å²) < 4.78 is 7.69. The predicted octanol–water partition coefficient (Wildman–Crippen LogP) is 1.86. The number of hydrogen-bond acceptors (Lipinski definition) is 11. The molecule has 0 aliphatic carbocycles. The van der Waals surface area contributed by atoms with E-state index < -0.39 is 36.4 Å². The number of rotatable bonds is 5. The minimum atomic E-state index is -1.26. The number of thiazole rings is 1. The van der Waals surface area contributed by atoms with E-state index in [-0.39, 0.29) is 5.69 Å². The number of ether oxygens (including phenoxy) is 1. The van der Waals surface area contributed by atoms with Gasteiger partial charge in [-0.15, -0.1) is 16.4 Å². The molecule has 3 aromatic heterocycles. The van der Waals surface area contributed by atoms with Gasteiger partial charge in [0, 0.05) is 20.9 Å². The largest absolute Gasteiger partial charge is 0.394 e. The van der Waals surface area contributed by atoms with E-state index in [2.05, 4.69) is 36.2 Å². The van der Waals surface area contributed by atoms with Crippen molar-refractivity contribution in [2.75, 3.05) is 6.61 Å². The highest BCUT2D eigenvalue weighted by atomic mass is 79.9. The lowest BCUT2D eigenvalue weighted by Gasteiger charge is -2.41. The molecule has 3 N–H and O–H groups in total. The van der Waals surface area contributed by atoms with Crippen molar-refractivity contribution in [1.82, 2.24) is 25.0 Å². The molecule has 1 aliphatic heterocycles. The van der Waals surface area contributed by atoms with Crippen LogP contribution >= 0.6 is 50.6 Å². The zero-order chi connectivity index (χ0) is 22.1. The van der Waals surface area contributed by atoms with Crippen LogP contribution in [0.5, 0.6) is 0 Å².